The Morgan fingerprint density at radius 2 is 2.18 bits per heavy atom. The molecule has 22 heavy (non-hydrogen) atoms. The number of rotatable bonds is 4. The fourth-order valence-corrected chi connectivity index (χ4v) is 4.04. The molecule has 0 aliphatic carbocycles. The van der Waals surface area contributed by atoms with Crippen molar-refractivity contribution in [2.75, 3.05) is 6.54 Å². The first-order valence-corrected chi connectivity index (χ1v) is 8.61. The Morgan fingerprint density at radius 1 is 1.36 bits per heavy atom. The van der Waals surface area contributed by atoms with Gasteiger partial charge in [0.15, 0.2) is 0 Å². The number of hydrogen-bond donors (Lipinski definition) is 1. The minimum Gasteiger partial charge on any atom is -0.480 e. The monoisotopic (exact) mass is 305 g/mol. The molecule has 1 fully saturated rings. The molecule has 1 aromatic rings. The number of hydrogen-bond acceptors (Lipinski definition) is 3. The van der Waals surface area contributed by atoms with Crippen LogP contribution in [0.5, 0.6) is 0 Å². The zero-order chi connectivity index (χ0) is 15.7. The van der Waals surface area contributed by atoms with E-state index in [-0.39, 0.29) is 0 Å². The molecule has 5 heteroatoms. The first-order chi connectivity index (χ1) is 10.6. The van der Waals surface area contributed by atoms with Crippen molar-refractivity contribution < 1.29 is 9.90 Å². The molecule has 2 atom stereocenters. The topological polar surface area (TPSA) is 58.4 Å². The molecule has 3 rings (SSSR count). The average Bonchev–Trinajstić information content (AvgIpc) is 2.89. The first-order valence-electron chi connectivity index (χ1n) is 8.61. The second-order valence-electron chi connectivity index (χ2n) is 6.99. The van der Waals surface area contributed by atoms with Crippen LogP contribution in [0.15, 0.2) is 6.20 Å². The number of nitrogens with zero attached hydrogens (tertiary/aromatic N) is 3. The Morgan fingerprint density at radius 3 is 2.91 bits per heavy atom. The van der Waals surface area contributed by atoms with Crippen LogP contribution in [0.3, 0.4) is 0 Å². The molecule has 1 saturated heterocycles. The highest BCUT2D eigenvalue weighted by molar-refractivity contribution is 5.72. The van der Waals surface area contributed by atoms with Crippen molar-refractivity contribution in [3.05, 3.63) is 17.7 Å². The predicted octanol–water partition coefficient (Wildman–Crippen LogP) is 2.65. The van der Waals surface area contributed by atoms with Crippen LogP contribution in [0, 0.1) is 0 Å². The van der Waals surface area contributed by atoms with E-state index >= 15 is 0 Å². The van der Waals surface area contributed by atoms with Gasteiger partial charge in [0, 0.05) is 31.1 Å². The number of carbonyl (C=O) groups is 1. The van der Waals surface area contributed by atoms with Crippen molar-refractivity contribution in [2.45, 2.75) is 76.9 Å². The number of carboxylic acid groups (broad SMARTS) is 1. The van der Waals surface area contributed by atoms with Crippen molar-refractivity contribution in [1.29, 1.82) is 0 Å². The van der Waals surface area contributed by atoms with Crippen LogP contribution < -0.4 is 0 Å². The number of piperidine rings is 1. The predicted molar refractivity (Wildman–Crippen MR) is 85.0 cm³/mol. The third kappa shape index (κ3) is 3.05. The molecule has 1 aromatic heterocycles. The van der Waals surface area contributed by atoms with Crippen molar-refractivity contribution in [3.8, 4) is 0 Å². The van der Waals surface area contributed by atoms with Crippen LogP contribution >= 0.6 is 0 Å². The lowest BCUT2D eigenvalue weighted by molar-refractivity contribution is -0.141. The molecule has 1 N–H and O–H groups in total. The van der Waals surface area contributed by atoms with E-state index in [2.05, 4.69) is 18.7 Å². The quantitative estimate of drug-likeness (QED) is 0.929. The molecule has 0 bridgehead atoms. The van der Waals surface area contributed by atoms with Gasteiger partial charge in [-0.05, 0) is 46.1 Å². The summed E-state index contributed by atoms with van der Waals surface area (Å²) in [5.41, 5.74) is 1.07. The molecular weight excluding hydrogens is 278 g/mol. The maximum absolute atomic E-state index is 11.4. The van der Waals surface area contributed by atoms with Crippen molar-refractivity contribution in [2.24, 2.45) is 0 Å². The molecule has 0 saturated carbocycles. The van der Waals surface area contributed by atoms with Crippen LogP contribution in [0.2, 0.25) is 0 Å². The highest BCUT2D eigenvalue weighted by Crippen LogP contribution is 2.27. The Balaban J connectivity index is 1.77. The Kier molecular flexibility index (Phi) is 4.52. The summed E-state index contributed by atoms with van der Waals surface area (Å²) in [6.45, 7) is 5.70. The van der Waals surface area contributed by atoms with E-state index in [1.165, 1.54) is 25.8 Å². The van der Waals surface area contributed by atoms with Gasteiger partial charge in [0.25, 0.3) is 0 Å². The highest BCUT2D eigenvalue weighted by Gasteiger charge is 2.29. The molecule has 0 radical (unpaired) electrons. The van der Waals surface area contributed by atoms with Crippen LogP contribution in [0.1, 0.15) is 63.5 Å². The van der Waals surface area contributed by atoms with Gasteiger partial charge in [-0.15, -0.1) is 0 Å². The maximum Gasteiger partial charge on any atom is 0.326 e. The summed E-state index contributed by atoms with van der Waals surface area (Å²) in [7, 11) is 0. The van der Waals surface area contributed by atoms with E-state index in [4.69, 9.17) is 4.98 Å². The summed E-state index contributed by atoms with van der Waals surface area (Å²) in [5, 5.41) is 9.37. The standard InChI is InChI=1S/C17H27N3O2/c1-12(2)19-9-4-3-6-14(19)10-13-11-20-15(17(21)22)7-5-8-16(20)18-13/h11-12,14-15H,3-10H2,1-2H3,(H,21,22). The number of aromatic nitrogens is 2. The van der Waals surface area contributed by atoms with Crippen molar-refractivity contribution >= 4 is 5.97 Å². The van der Waals surface area contributed by atoms with E-state index < -0.39 is 12.0 Å². The molecule has 3 heterocycles. The van der Waals surface area contributed by atoms with Crippen LogP contribution in [-0.2, 0) is 17.6 Å². The fraction of sp³-hybridized carbons (Fsp3) is 0.765. The smallest absolute Gasteiger partial charge is 0.326 e. The number of aliphatic carboxylic acids is 1. The summed E-state index contributed by atoms with van der Waals surface area (Å²) in [6, 6.07) is 0.695. The molecule has 0 amide bonds. The van der Waals surface area contributed by atoms with Gasteiger partial charge in [-0.2, -0.15) is 0 Å². The lowest BCUT2D eigenvalue weighted by Gasteiger charge is -2.38. The van der Waals surface area contributed by atoms with Crippen LogP contribution in [0.25, 0.3) is 0 Å². The second kappa shape index (κ2) is 6.41. The van der Waals surface area contributed by atoms with E-state index in [0.717, 1.165) is 37.2 Å². The fourth-order valence-electron chi connectivity index (χ4n) is 4.04. The lowest BCUT2D eigenvalue weighted by atomic mass is 9.97. The summed E-state index contributed by atoms with van der Waals surface area (Å²) >= 11 is 0. The van der Waals surface area contributed by atoms with E-state index in [1.807, 2.05) is 10.8 Å². The molecule has 5 nitrogen and oxygen atoms in total. The minimum atomic E-state index is -0.730. The SMILES string of the molecule is CC(C)N1CCCCC1Cc1cn2c(n1)CCCC2C(=O)O. The summed E-state index contributed by atoms with van der Waals surface area (Å²) in [5.74, 6) is 0.229. The van der Waals surface area contributed by atoms with Gasteiger partial charge in [-0.3, -0.25) is 4.90 Å². The van der Waals surface area contributed by atoms with Gasteiger partial charge in [0.2, 0.25) is 0 Å². The summed E-state index contributed by atoms with van der Waals surface area (Å²) in [6.07, 6.45) is 9.30. The number of carboxylic acids is 1. The molecule has 2 aliphatic heterocycles. The number of aryl methyl sites for hydroxylation is 1. The number of imidazole rings is 1. The van der Waals surface area contributed by atoms with Gasteiger partial charge in [-0.25, -0.2) is 9.78 Å². The van der Waals surface area contributed by atoms with Crippen LogP contribution in [-0.4, -0.2) is 44.2 Å². The lowest BCUT2D eigenvalue weighted by Crippen LogP contribution is -2.45. The Hall–Kier alpha value is -1.36. The third-order valence-corrected chi connectivity index (χ3v) is 5.14. The normalized spacial score (nSPS) is 26.1. The summed E-state index contributed by atoms with van der Waals surface area (Å²) < 4.78 is 1.91. The van der Waals surface area contributed by atoms with Gasteiger partial charge in [-0.1, -0.05) is 6.42 Å². The largest absolute Gasteiger partial charge is 0.480 e. The molecule has 0 spiro atoms. The van der Waals surface area contributed by atoms with Gasteiger partial charge in [0.1, 0.15) is 11.9 Å². The molecule has 2 unspecified atom stereocenters. The Bertz CT molecular complexity index is 538. The third-order valence-electron chi connectivity index (χ3n) is 5.14. The second-order valence-corrected chi connectivity index (χ2v) is 6.99. The summed E-state index contributed by atoms with van der Waals surface area (Å²) in [4.78, 5) is 18.7. The molecule has 2 aliphatic rings. The zero-order valence-corrected chi connectivity index (χ0v) is 13.7. The van der Waals surface area contributed by atoms with E-state index in [9.17, 15) is 9.90 Å². The minimum absolute atomic E-state index is 0.419. The molecule has 122 valence electrons. The number of fused-ring (bicyclic) bond motifs is 1. The van der Waals surface area contributed by atoms with Gasteiger partial charge >= 0.3 is 5.97 Å². The van der Waals surface area contributed by atoms with E-state index in [0.29, 0.717) is 12.1 Å². The first kappa shape index (κ1) is 15.5. The van der Waals surface area contributed by atoms with Gasteiger partial charge < -0.3 is 9.67 Å². The highest BCUT2D eigenvalue weighted by atomic mass is 16.4. The van der Waals surface area contributed by atoms with Crippen molar-refractivity contribution in [1.82, 2.24) is 14.5 Å². The molecular formula is C17H27N3O2. The van der Waals surface area contributed by atoms with E-state index in [1.54, 1.807) is 0 Å². The Labute approximate surface area is 132 Å². The maximum atomic E-state index is 11.4. The van der Waals surface area contributed by atoms with Crippen LogP contribution in [0.4, 0.5) is 0 Å². The van der Waals surface area contributed by atoms with Gasteiger partial charge in [0.05, 0.1) is 5.69 Å². The average molecular weight is 305 g/mol. The zero-order valence-electron chi connectivity index (χ0n) is 13.7. The number of likely N-dealkylation sites (tertiary alicyclic amines) is 1. The molecule has 0 aromatic carbocycles. The van der Waals surface area contributed by atoms with Crippen molar-refractivity contribution in [3.63, 3.8) is 0 Å².